The molecular weight excluding hydrogens is 374 g/mol. The molecule has 0 radical (unpaired) electrons. The first kappa shape index (κ1) is 19.9. The summed E-state index contributed by atoms with van der Waals surface area (Å²) in [6.07, 6.45) is 0. The number of nitrogens with zero attached hydrogens (tertiary/aromatic N) is 2. The van der Waals surface area contributed by atoms with Crippen LogP contribution in [0, 0.1) is 20.8 Å². The molecule has 6 nitrogen and oxygen atoms in total. The third-order valence-electron chi connectivity index (χ3n) is 4.21. The van der Waals surface area contributed by atoms with Crippen molar-refractivity contribution in [1.82, 2.24) is 10.1 Å². The van der Waals surface area contributed by atoms with Gasteiger partial charge in [-0.1, -0.05) is 22.9 Å². The Kier molecular flexibility index (Phi) is 6.36. The SMILES string of the molecule is COc1ccc(-c2nc(CSCC(=O)Nc3c(C)cc(C)cc3C)no2)cc1. The first-order chi connectivity index (χ1) is 13.5. The van der Waals surface area contributed by atoms with Gasteiger partial charge in [-0.3, -0.25) is 4.79 Å². The first-order valence-corrected chi connectivity index (χ1v) is 10.0. The number of thioether (sulfide) groups is 1. The number of ether oxygens (including phenoxy) is 1. The highest BCUT2D eigenvalue weighted by Crippen LogP contribution is 2.23. The number of nitrogens with one attached hydrogen (secondary N) is 1. The van der Waals surface area contributed by atoms with E-state index < -0.39 is 0 Å². The largest absolute Gasteiger partial charge is 0.497 e. The van der Waals surface area contributed by atoms with Crippen molar-refractivity contribution in [1.29, 1.82) is 0 Å². The maximum absolute atomic E-state index is 12.3. The lowest BCUT2D eigenvalue weighted by Gasteiger charge is -2.12. The summed E-state index contributed by atoms with van der Waals surface area (Å²) in [5.41, 5.74) is 5.04. The van der Waals surface area contributed by atoms with Crippen molar-refractivity contribution in [3.05, 3.63) is 58.9 Å². The van der Waals surface area contributed by atoms with Gasteiger partial charge in [-0.25, -0.2) is 0 Å². The number of hydrogen-bond acceptors (Lipinski definition) is 6. The van der Waals surface area contributed by atoms with Crippen molar-refractivity contribution < 1.29 is 14.1 Å². The van der Waals surface area contributed by atoms with Crippen molar-refractivity contribution in [2.45, 2.75) is 26.5 Å². The van der Waals surface area contributed by atoms with Gasteiger partial charge in [-0.15, -0.1) is 11.8 Å². The normalized spacial score (nSPS) is 10.7. The Morgan fingerprint density at radius 1 is 1.14 bits per heavy atom. The number of rotatable bonds is 7. The molecule has 3 aromatic rings. The van der Waals surface area contributed by atoms with Crippen LogP contribution in [0.2, 0.25) is 0 Å². The summed E-state index contributed by atoms with van der Waals surface area (Å²) >= 11 is 1.45. The minimum absolute atomic E-state index is 0.0427. The molecule has 146 valence electrons. The molecule has 0 saturated heterocycles. The van der Waals surface area contributed by atoms with E-state index in [9.17, 15) is 4.79 Å². The van der Waals surface area contributed by atoms with Gasteiger partial charge in [-0.05, 0) is 56.2 Å². The Labute approximate surface area is 168 Å². The van der Waals surface area contributed by atoms with E-state index in [4.69, 9.17) is 9.26 Å². The molecule has 0 aliphatic carbocycles. The van der Waals surface area contributed by atoms with Crippen molar-refractivity contribution in [2.24, 2.45) is 0 Å². The molecule has 2 aromatic carbocycles. The Morgan fingerprint density at radius 3 is 2.46 bits per heavy atom. The molecule has 1 N–H and O–H groups in total. The van der Waals surface area contributed by atoms with Crippen LogP contribution in [0.5, 0.6) is 5.75 Å². The molecule has 0 unspecified atom stereocenters. The lowest BCUT2D eigenvalue weighted by molar-refractivity contribution is -0.113. The van der Waals surface area contributed by atoms with E-state index in [1.165, 1.54) is 17.3 Å². The molecule has 1 aromatic heterocycles. The average Bonchev–Trinajstić information content (AvgIpc) is 3.13. The van der Waals surface area contributed by atoms with Crippen molar-refractivity contribution in [3.8, 4) is 17.2 Å². The predicted octanol–water partition coefficient (Wildman–Crippen LogP) is 4.54. The van der Waals surface area contributed by atoms with E-state index >= 15 is 0 Å². The Bertz CT molecular complexity index is 944. The van der Waals surface area contributed by atoms with Crippen LogP contribution in [-0.2, 0) is 10.5 Å². The molecule has 0 spiro atoms. The van der Waals surface area contributed by atoms with Gasteiger partial charge >= 0.3 is 0 Å². The summed E-state index contributed by atoms with van der Waals surface area (Å²) < 4.78 is 10.4. The van der Waals surface area contributed by atoms with Crippen LogP contribution in [-0.4, -0.2) is 28.9 Å². The van der Waals surface area contributed by atoms with E-state index in [-0.39, 0.29) is 5.91 Å². The Balaban J connectivity index is 1.52. The zero-order valence-electron chi connectivity index (χ0n) is 16.4. The van der Waals surface area contributed by atoms with Gasteiger partial charge in [-0.2, -0.15) is 4.98 Å². The van der Waals surface area contributed by atoms with Gasteiger partial charge in [0.2, 0.25) is 5.91 Å². The minimum atomic E-state index is -0.0427. The van der Waals surface area contributed by atoms with Gasteiger partial charge in [0.15, 0.2) is 5.82 Å². The van der Waals surface area contributed by atoms with E-state index in [1.807, 2.05) is 45.0 Å². The molecule has 28 heavy (non-hydrogen) atoms. The van der Waals surface area contributed by atoms with Crippen molar-refractivity contribution >= 4 is 23.4 Å². The number of carbonyl (C=O) groups is 1. The molecular formula is C21H23N3O3S. The monoisotopic (exact) mass is 397 g/mol. The van der Waals surface area contributed by atoms with Crippen LogP contribution < -0.4 is 10.1 Å². The number of aryl methyl sites for hydroxylation is 3. The number of amides is 1. The molecule has 1 heterocycles. The zero-order chi connectivity index (χ0) is 20.1. The number of methoxy groups -OCH3 is 1. The lowest BCUT2D eigenvalue weighted by atomic mass is 10.1. The quantitative estimate of drug-likeness (QED) is 0.631. The fraction of sp³-hybridized carbons (Fsp3) is 0.286. The summed E-state index contributed by atoms with van der Waals surface area (Å²) in [4.78, 5) is 16.7. The molecule has 0 aliphatic heterocycles. The van der Waals surface area contributed by atoms with Crippen LogP contribution in [0.4, 0.5) is 5.69 Å². The topological polar surface area (TPSA) is 77.2 Å². The molecule has 0 aliphatic rings. The summed E-state index contributed by atoms with van der Waals surface area (Å²) in [5, 5.41) is 6.98. The Morgan fingerprint density at radius 2 is 1.82 bits per heavy atom. The zero-order valence-corrected chi connectivity index (χ0v) is 17.2. The van der Waals surface area contributed by atoms with E-state index in [1.54, 1.807) is 7.11 Å². The second kappa shape index (κ2) is 8.93. The highest BCUT2D eigenvalue weighted by Gasteiger charge is 2.12. The number of anilines is 1. The van der Waals surface area contributed by atoms with Crippen LogP contribution in [0.1, 0.15) is 22.5 Å². The number of benzene rings is 2. The fourth-order valence-electron chi connectivity index (χ4n) is 2.95. The molecule has 1 amide bonds. The smallest absolute Gasteiger partial charge is 0.257 e. The number of hydrogen-bond donors (Lipinski definition) is 1. The highest BCUT2D eigenvalue weighted by molar-refractivity contribution is 7.99. The molecule has 0 saturated carbocycles. The maximum atomic E-state index is 12.3. The highest BCUT2D eigenvalue weighted by atomic mass is 32.2. The molecule has 7 heteroatoms. The van der Waals surface area contributed by atoms with Gasteiger partial charge in [0, 0.05) is 11.3 Å². The standard InChI is InChI=1S/C21H23N3O3S/c1-13-9-14(2)20(15(3)10-13)23-19(25)12-28-11-18-22-21(27-24-18)16-5-7-17(26-4)8-6-16/h5-10H,11-12H2,1-4H3,(H,23,25). The second-order valence-electron chi connectivity index (χ2n) is 6.56. The number of aromatic nitrogens is 2. The third kappa shape index (κ3) is 4.92. The number of carbonyl (C=O) groups excluding carboxylic acids is 1. The van der Waals surface area contributed by atoms with Gasteiger partial charge in [0.25, 0.3) is 5.89 Å². The van der Waals surface area contributed by atoms with Gasteiger partial charge in [0.05, 0.1) is 18.6 Å². The molecule has 0 fully saturated rings. The minimum Gasteiger partial charge on any atom is -0.497 e. The lowest BCUT2D eigenvalue weighted by Crippen LogP contribution is -2.16. The van der Waals surface area contributed by atoms with Gasteiger partial charge < -0.3 is 14.6 Å². The van der Waals surface area contributed by atoms with E-state index in [2.05, 4.69) is 27.6 Å². The van der Waals surface area contributed by atoms with Crippen LogP contribution in [0.3, 0.4) is 0 Å². The van der Waals surface area contributed by atoms with E-state index in [0.29, 0.717) is 23.2 Å². The fourth-order valence-corrected chi connectivity index (χ4v) is 3.61. The predicted molar refractivity (Wildman–Crippen MR) is 112 cm³/mol. The van der Waals surface area contributed by atoms with Crippen molar-refractivity contribution in [3.63, 3.8) is 0 Å². The summed E-state index contributed by atoms with van der Waals surface area (Å²) in [7, 11) is 1.62. The summed E-state index contributed by atoms with van der Waals surface area (Å²) in [5.74, 6) is 2.56. The van der Waals surface area contributed by atoms with Crippen LogP contribution in [0.25, 0.3) is 11.5 Å². The summed E-state index contributed by atoms with van der Waals surface area (Å²) in [6, 6.07) is 11.5. The Hall–Kier alpha value is -2.80. The molecule has 0 bridgehead atoms. The maximum Gasteiger partial charge on any atom is 0.257 e. The average molecular weight is 398 g/mol. The molecule has 0 atom stereocenters. The van der Waals surface area contributed by atoms with Crippen LogP contribution >= 0.6 is 11.8 Å². The third-order valence-corrected chi connectivity index (χ3v) is 5.14. The van der Waals surface area contributed by atoms with E-state index in [0.717, 1.165) is 28.1 Å². The first-order valence-electron chi connectivity index (χ1n) is 8.88. The van der Waals surface area contributed by atoms with Crippen molar-refractivity contribution in [2.75, 3.05) is 18.2 Å². The molecule has 3 rings (SSSR count). The van der Waals surface area contributed by atoms with Gasteiger partial charge in [0.1, 0.15) is 5.75 Å². The second-order valence-corrected chi connectivity index (χ2v) is 7.54. The summed E-state index contributed by atoms with van der Waals surface area (Å²) in [6.45, 7) is 6.05. The van der Waals surface area contributed by atoms with Crippen LogP contribution in [0.15, 0.2) is 40.9 Å².